The molecule has 0 saturated carbocycles. The minimum absolute atomic E-state index is 0.0288. The molecule has 150 valence electrons. The highest BCUT2D eigenvalue weighted by Crippen LogP contribution is 2.27. The van der Waals surface area contributed by atoms with Crippen molar-refractivity contribution in [1.82, 2.24) is 20.2 Å². The summed E-state index contributed by atoms with van der Waals surface area (Å²) in [5.74, 6) is 1.08. The van der Waals surface area contributed by atoms with E-state index in [-0.39, 0.29) is 18.4 Å². The SMILES string of the molecule is Cc1ccc(C(=O)NCC(=O)N2CCC(c3nc4ccccc4[nH]3)CC2)cc1C. The Morgan fingerprint density at radius 3 is 2.59 bits per heavy atom. The standard InChI is InChI=1S/C23H26N4O2/c1-15-7-8-18(13-16(15)2)23(29)24-14-21(28)27-11-9-17(10-12-27)22-25-19-5-3-4-6-20(19)26-22/h3-8,13,17H,9-12,14H2,1-2H3,(H,24,29)(H,25,26). The number of H-pyrrole nitrogens is 1. The number of piperidine rings is 1. The van der Waals surface area contributed by atoms with Gasteiger partial charge in [0.15, 0.2) is 0 Å². The quantitative estimate of drug-likeness (QED) is 0.717. The summed E-state index contributed by atoms with van der Waals surface area (Å²) in [6.45, 7) is 5.38. The number of imidazole rings is 1. The van der Waals surface area contributed by atoms with Crippen LogP contribution in [-0.2, 0) is 4.79 Å². The lowest BCUT2D eigenvalue weighted by Gasteiger charge is -2.31. The maximum atomic E-state index is 12.5. The number of amides is 2. The summed E-state index contributed by atoms with van der Waals surface area (Å²) >= 11 is 0. The van der Waals surface area contributed by atoms with Crippen LogP contribution in [0.3, 0.4) is 0 Å². The first-order valence-electron chi connectivity index (χ1n) is 10.1. The van der Waals surface area contributed by atoms with Gasteiger partial charge in [-0.05, 0) is 62.1 Å². The van der Waals surface area contributed by atoms with Gasteiger partial charge in [-0.25, -0.2) is 4.98 Å². The molecule has 0 radical (unpaired) electrons. The summed E-state index contributed by atoms with van der Waals surface area (Å²) in [6, 6.07) is 13.6. The molecular formula is C23H26N4O2. The van der Waals surface area contributed by atoms with Crippen molar-refractivity contribution in [1.29, 1.82) is 0 Å². The second kappa shape index (κ2) is 8.07. The van der Waals surface area contributed by atoms with Crippen LogP contribution in [0.4, 0.5) is 0 Å². The van der Waals surface area contributed by atoms with E-state index in [9.17, 15) is 9.59 Å². The maximum Gasteiger partial charge on any atom is 0.251 e. The molecule has 2 aromatic carbocycles. The van der Waals surface area contributed by atoms with Crippen molar-refractivity contribution in [2.45, 2.75) is 32.6 Å². The van der Waals surface area contributed by atoms with E-state index in [2.05, 4.69) is 10.3 Å². The first-order chi connectivity index (χ1) is 14.0. The molecule has 0 spiro atoms. The summed E-state index contributed by atoms with van der Waals surface area (Å²) < 4.78 is 0. The number of aromatic nitrogens is 2. The molecule has 1 aliphatic rings. The van der Waals surface area contributed by atoms with Crippen LogP contribution in [0.15, 0.2) is 42.5 Å². The van der Waals surface area contributed by atoms with Gasteiger partial charge in [-0.15, -0.1) is 0 Å². The first-order valence-corrected chi connectivity index (χ1v) is 10.1. The number of rotatable bonds is 4. The number of para-hydroxylation sites is 2. The van der Waals surface area contributed by atoms with Gasteiger partial charge in [0.25, 0.3) is 5.91 Å². The number of carbonyl (C=O) groups excluding carboxylic acids is 2. The van der Waals surface area contributed by atoms with Crippen molar-refractivity contribution < 1.29 is 9.59 Å². The van der Waals surface area contributed by atoms with E-state index in [1.807, 2.05) is 55.1 Å². The molecule has 1 aliphatic heterocycles. The number of aromatic amines is 1. The van der Waals surface area contributed by atoms with Crippen molar-refractivity contribution in [3.8, 4) is 0 Å². The predicted molar refractivity (Wildman–Crippen MR) is 113 cm³/mol. The third-order valence-corrected chi connectivity index (χ3v) is 5.81. The van der Waals surface area contributed by atoms with E-state index in [4.69, 9.17) is 4.98 Å². The predicted octanol–water partition coefficient (Wildman–Crippen LogP) is 3.32. The van der Waals surface area contributed by atoms with Crippen LogP contribution in [0.25, 0.3) is 11.0 Å². The molecule has 0 aliphatic carbocycles. The minimum atomic E-state index is -0.210. The highest BCUT2D eigenvalue weighted by atomic mass is 16.2. The van der Waals surface area contributed by atoms with Crippen molar-refractivity contribution in [3.63, 3.8) is 0 Å². The summed E-state index contributed by atoms with van der Waals surface area (Å²) in [6.07, 6.45) is 1.74. The monoisotopic (exact) mass is 390 g/mol. The van der Waals surface area contributed by atoms with Crippen LogP contribution in [0, 0.1) is 13.8 Å². The van der Waals surface area contributed by atoms with E-state index in [1.165, 1.54) is 0 Å². The Labute approximate surface area is 170 Å². The molecule has 6 nitrogen and oxygen atoms in total. The third kappa shape index (κ3) is 4.16. The topological polar surface area (TPSA) is 78.1 Å². The zero-order valence-electron chi connectivity index (χ0n) is 16.9. The van der Waals surface area contributed by atoms with Crippen LogP contribution in [0.5, 0.6) is 0 Å². The lowest BCUT2D eigenvalue weighted by Crippen LogP contribution is -2.43. The van der Waals surface area contributed by atoms with Gasteiger partial charge in [-0.2, -0.15) is 0 Å². The average Bonchev–Trinajstić information content (AvgIpc) is 3.18. The van der Waals surface area contributed by atoms with E-state index in [1.54, 1.807) is 6.07 Å². The molecule has 1 aromatic heterocycles. The van der Waals surface area contributed by atoms with Crippen LogP contribution < -0.4 is 5.32 Å². The molecule has 2 amide bonds. The summed E-state index contributed by atoms with van der Waals surface area (Å²) in [5.41, 5.74) is 4.83. The molecule has 0 unspecified atom stereocenters. The molecule has 0 bridgehead atoms. The van der Waals surface area contributed by atoms with Crippen LogP contribution >= 0.6 is 0 Å². The lowest BCUT2D eigenvalue weighted by atomic mass is 9.96. The van der Waals surface area contributed by atoms with E-state index >= 15 is 0 Å². The Balaban J connectivity index is 1.29. The number of carbonyl (C=O) groups is 2. The fourth-order valence-corrected chi connectivity index (χ4v) is 3.82. The second-order valence-electron chi connectivity index (χ2n) is 7.78. The second-order valence-corrected chi connectivity index (χ2v) is 7.78. The number of likely N-dealkylation sites (tertiary alicyclic amines) is 1. The molecule has 4 rings (SSSR count). The smallest absolute Gasteiger partial charge is 0.251 e. The van der Waals surface area contributed by atoms with Gasteiger partial charge in [0.05, 0.1) is 17.6 Å². The van der Waals surface area contributed by atoms with E-state index in [0.717, 1.165) is 40.8 Å². The number of nitrogens with zero attached hydrogens (tertiary/aromatic N) is 2. The molecular weight excluding hydrogens is 364 g/mol. The number of aryl methyl sites for hydroxylation is 2. The summed E-state index contributed by atoms with van der Waals surface area (Å²) in [5, 5.41) is 2.75. The summed E-state index contributed by atoms with van der Waals surface area (Å²) in [4.78, 5) is 34.8. The van der Waals surface area contributed by atoms with Crippen LogP contribution in [0.2, 0.25) is 0 Å². The molecule has 2 heterocycles. The molecule has 29 heavy (non-hydrogen) atoms. The maximum absolute atomic E-state index is 12.5. The third-order valence-electron chi connectivity index (χ3n) is 5.81. The zero-order valence-corrected chi connectivity index (χ0v) is 16.9. The van der Waals surface area contributed by atoms with Gasteiger partial charge in [0.1, 0.15) is 5.82 Å². The number of hydrogen-bond donors (Lipinski definition) is 2. The van der Waals surface area contributed by atoms with E-state index < -0.39 is 0 Å². The fraction of sp³-hybridized carbons (Fsp3) is 0.348. The molecule has 1 fully saturated rings. The molecule has 2 N–H and O–H groups in total. The van der Waals surface area contributed by atoms with Gasteiger partial charge in [0, 0.05) is 24.6 Å². The highest BCUT2D eigenvalue weighted by Gasteiger charge is 2.26. The lowest BCUT2D eigenvalue weighted by molar-refractivity contribution is -0.131. The number of benzene rings is 2. The first kappa shape index (κ1) is 19.2. The number of fused-ring (bicyclic) bond motifs is 1. The Kier molecular flexibility index (Phi) is 5.34. The van der Waals surface area contributed by atoms with Crippen molar-refractivity contribution in [2.24, 2.45) is 0 Å². The van der Waals surface area contributed by atoms with Gasteiger partial charge in [-0.1, -0.05) is 18.2 Å². The molecule has 6 heteroatoms. The average molecular weight is 390 g/mol. The highest BCUT2D eigenvalue weighted by molar-refractivity contribution is 5.96. The van der Waals surface area contributed by atoms with Crippen molar-refractivity contribution >= 4 is 22.8 Å². The fourth-order valence-electron chi connectivity index (χ4n) is 3.82. The van der Waals surface area contributed by atoms with Gasteiger partial charge in [0.2, 0.25) is 5.91 Å². The molecule has 1 saturated heterocycles. The number of nitrogens with one attached hydrogen (secondary N) is 2. The van der Waals surface area contributed by atoms with Crippen LogP contribution in [0.1, 0.15) is 46.1 Å². The van der Waals surface area contributed by atoms with Crippen molar-refractivity contribution in [3.05, 3.63) is 65.0 Å². The zero-order chi connectivity index (χ0) is 20.4. The van der Waals surface area contributed by atoms with Gasteiger partial charge < -0.3 is 15.2 Å². The molecule has 3 aromatic rings. The van der Waals surface area contributed by atoms with Gasteiger partial charge >= 0.3 is 0 Å². The molecule has 0 atom stereocenters. The van der Waals surface area contributed by atoms with Crippen molar-refractivity contribution in [2.75, 3.05) is 19.6 Å². The van der Waals surface area contributed by atoms with E-state index in [0.29, 0.717) is 24.6 Å². The Hall–Kier alpha value is -3.15. The normalized spacial score (nSPS) is 14.9. The minimum Gasteiger partial charge on any atom is -0.343 e. The Bertz CT molecular complexity index is 1010. The Morgan fingerprint density at radius 1 is 1.10 bits per heavy atom. The van der Waals surface area contributed by atoms with Crippen LogP contribution in [-0.4, -0.2) is 46.3 Å². The summed E-state index contributed by atoms with van der Waals surface area (Å²) in [7, 11) is 0. The van der Waals surface area contributed by atoms with Gasteiger partial charge in [-0.3, -0.25) is 9.59 Å². The Morgan fingerprint density at radius 2 is 1.86 bits per heavy atom. The number of hydrogen-bond acceptors (Lipinski definition) is 3. The largest absolute Gasteiger partial charge is 0.343 e.